The number of halogens is 1. The van der Waals surface area contributed by atoms with Crippen LogP contribution in [0.4, 0.5) is 20.7 Å². The largest absolute Gasteiger partial charge is 0.378 e. The highest BCUT2D eigenvalue weighted by Crippen LogP contribution is 2.40. The van der Waals surface area contributed by atoms with Gasteiger partial charge in [-0.3, -0.25) is 0 Å². The minimum absolute atomic E-state index is 0.0843. The molecule has 6 nitrogen and oxygen atoms in total. The number of amides is 2. The molecule has 2 N–H and O–H groups in total. The zero-order valence-corrected chi connectivity index (χ0v) is 14.3. The average Bonchev–Trinajstić information content (AvgIpc) is 3.42. The molecule has 1 aliphatic heterocycles. The van der Waals surface area contributed by atoms with Crippen molar-refractivity contribution in [3.63, 3.8) is 0 Å². The maximum Gasteiger partial charge on any atom is 0.319 e. The lowest BCUT2D eigenvalue weighted by Crippen LogP contribution is -2.36. The SMILES string of the molecule is O=C(Nc1ccc(N2CCOCC2)nc1)N[C@H]1C[C@H]1c1ccc(F)cc1. The van der Waals surface area contributed by atoms with Crippen molar-refractivity contribution in [2.24, 2.45) is 0 Å². The lowest BCUT2D eigenvalue weighted by molar-refractivity contribution is 0.122. The second-order valence-electron chi connectivity index (χ2n) is 6.60. The van der Waals surface area contributed by atoms with E-state index in [0.717, 1.165) is 30.9 Å². The highest BCUT2D eigenvalue weighted by molar-refractivity contribution is 5.89. The molecule has 26 heavy (non-hydrogen) atoms. The quantitative estimate of drug-likeness (QED) is 0.884. The number of carbonyl (C=O) groups excluding carboxylic acids is 1. The summed E-state index contributed by atoms with van der Waals surface area (Å²) in [5.74, 6) is 0.894. The first-order chi connectivity index (χ1) is 12.7. The van der Waals surface area contributed by atoms with E-state index in [1.807, 2.05) is 12.1 Å². The van der Waals surface area contributed by atoms with Crippen LogP contribution in [0.1, 0.15) is 17.9 Å². The third-order valence-corrected chi connectivity index (χ3v) is 4.75. The monoisotopic (exact) mass is 356 g/mol. The van der Waals surface area contributed by atoms with Crippen LogP contribution in [0.2, 0.25) is 0 Å². The van der Waals surface area contributed by atoms with Crippen LogP contribution >= 0.6 is 0 Å². The number of aromatic nitrogens is 1. The molecule has 2 amide bonds. The maximum atomic E-state index is 13.0. The van der Waals surface area contributed by atoms with Gasteiger partial charge in [0.2, 0.25) is 0 Å². The molecule has 1 aromatic heterocycles. The third kappa shape index (κ3) is 3.94. The number of nitrogens with zero attached hydrogens (tertiary/aromatic N) is 2. The van der Waals surface area contributed by atoms with Crippen molar-refractivity contribution >= 4 is 17.5 Å². The number of hydrogen-bond donors (Lipinski definition) is 2. The Bertz CT molecular complexity index is 760. The van der Waals surface area contributed by atoms with Gasteiger partial charge in [0.1, 0.15) is 11.6 Å². The average molecular weight is 356 g/mol. The molecule has 0 bridgehead atoms. The Labute approximate surface area is 151 Å². The highest BCUT2D eigenvalue weighted by atomic mass is 19.1. The van der Waals surface area contributed by atoms with Crippen LogP contribution in [0.5, 0.6) is 0 Å². The van der Waals surface area contributed by atoms with Gasteiger partial charge in [0.25, 0.3) is 0 Å². The molecule has 1 saturated heterocycles. The van der Waals surface area contributed by atoms with Crippen LogP contribution in [0, 0.1) is 5.82 Å². The van der Waals surface area contributed by atoms with Gasteiger partial charge in [-0.05, 0) is 36.2 Å². The number of anilines is 2. The first-order valence-electron chi connectivity index (χ1n) is 8.81. The predicted molar refractivity (Wildman–Crippen MR) is 97.0 cm³/mol. The number of pyridine rings is 1. The van der Waals surface area contributed by atoms with Crippen molar-refractivity contribution in [3.05, 3.63) is 54.0 Å². The number of hydrogen-bond acceptors (Lipinski definition) is 4. The predicted octanol–water partition coefficient (Wildman–Crippen LogP) is 2.73. The molecule has 0 unspecified atom stereocenters. The third-order valence-electron chi connectivity index (χ3n) is 4.75. The van der Waals surface area contributed by atoms with Crippen molar-refractivity contribution in [2.75, 3.05) is 36.5 Å². The Morgan fingerprint density at radius 1 is 1.15 bits per heavy atom. The Hall–Kier alpha value is -2.67. The lowest BCUT2D eigenvalue weighted by Gasteiger charge is -2.27. The first kappa shape index (κ1) is 16.8. The van der Waals surface area contributed by atoms with Crippen LogP contribution in [0.3, 0.4) is 0 Å². The van der Waals surface area contributed by atoms with Gasteiger partial charge in [-0.1, -0.05) is 12.1 Å². The maximum absolute atomic E-state index is 13.0. The first-order valence-corrected chi connectivity index (χ1v) is 8.81. The number of morpholine rings is 1. The summed E-state index contributed by atoms with van der Waals surface area (Å²) in [5.41, 5.74) is 1.70. The second kappa shape index (κ2) is 7.29. The summed E-state index contributed by atoms with van der Waals surface area (Å²) < 4.78 is 18.3. The van der Waals surface area contributed by atoms with Crippen molar-refractivity contribution in [2.45, 2.75) is 18.4 Å². The van der Waals surface area contributed by atoms with Gasteiger partial charge < -0.3 is 20.3 Å². The lowest BCUT2D eigenvalue weighted by atomic mass is 10.1. The summed E-state index contributed by atoms with van der Waals surface area (Å²) in [7, 11) is 0. The summed E-state index contributed by atoms with van der Waals surface area (Å²) in [4.78, 5) is 18.7. The Morgan fingerprint density at radius 3 is 2.62 bits per heavy atom. The van der Waals surface area contributed by atoms with E-state index in [1.165, 1.54) is 12.1 Å². The summed E-state index contributed by atoms with van der Waals surface area (Å²) in [5, 5.41) is 5.75. The normalized spacial score (nSPS) is 22.0. The number of benzene rings is 1. The van der Waals surface area contributed by atoms with Gasteiger partial charge in [0, 0.05) is 25.0 Å². The Morgan fingerprint density at radius 2 is 1.92 bits per heavy atom. The summed E-state index contributed by atoms with van der Waals surface area (Å²) in [6, 6.07) is 10.0. The van der Waals surface area contributed by atoms with E-state index in [0.29, 0.717) is 18.9 Å². The van der Waals surface area contributed by atoms with Crippen LogP contribution < -0.4 is 15.5 Å². The summed E-state index contributed by atoms with van der Waals surface area (Å²) in [6.45, 7) is 3.07. The summed E-state index contributed by atoms with van der Waals surface area (Å²) >= 11 is 0. The number of carbonyl (C=O) groups is 1. The van der Waals surface area contributed by atoms with E-state index in [9.17, 15) is 9.18 Å². The molecular formula is C19H21FN4O2. The van der Waals surface area contributed by atoms with Crippen LogP contribution in [-0.4, -0.2) is 43.4 Å². The Balaban J connectivity index is 1.28. The smallest absolute Gasteiger partial charge is 0.319 e. The molecule has 0 spiro atoms. The molecule has 0 radical (unpaired) electrons. The number of nitrogens with one attached hydrogen (secondary N) is 2. The van der Waals surface area contributed by atoms with Crippen LogP contribution in [0.25, 0.3) is 0 Å². The fourth-order valence-corrected chi connectivity index (χ4v) is 3.21. The van der Waals surface area contributed by atoms with Crippen LogP contribution in [0.15, 0.2) is 42.6 Å². The van der Waals surface area contributed by atoms with Gasteiger partial charge in [-0.25, -0.2) is 14.2 Å². The van der Waals surface area contributed by atoms with Gasteiger partial charge >= 0.3 is 6.03 Å². The van der Waals surface area contributed by atoms with E-state index < -0.39 is 0 Å². The topological polar surface area (TPSA) is 66.5 Å². The molecule has 1 saturated carbocycles. The molecule has 2 heterocycles. The van der Waals surface area contributed by atoms with Gasteiger partial charge in [-0.15, -0.1) is 0 Å². The molecule has 2 fully saturated rings. The number of ether oxygens (including phenoxy) is 1. The summed E-state index contributed by atoms with van der Waals surface area (Å²) in [6.07, 6.45) is 2.53. The van der Waals surface area contributed by atoms with E-state index in [2.05, 4.69) is 20.5 Å². The fourth-order valence-electron chi connectivity index (χ4n) is 3.21. The highest BCUT2D eigenvalue weighted by Gasteiger charge is 2.39. The van der Waals surface area contributed by atoms with Crippen molar-refractivity contribution in [3.8, 4) is 0 Å². The molecule has 1 aromatic carbocycles. The zero-order chi connectivity index (χ0) is 17.9. The minimum Gasteiger partial charge on any atom is -0.378 e. The molecule has 7 heteroatoms. The molecule has 4 rings (SSSR count). The molecule has 2 aromatic rings. The number of urea groups is 1. The zero-order valence-electron chi connectivity index (χ0n) is 14.3. The van der Waals surface area contributed by atoms with E-state index >= 15 is 0 Å². The van der Waals surface area contributed by atoms with Crippen molar-refractivity contribution in [1.29, 1.82) is 0 Å². The van der Waals surface area contributed by atoms with Crippen molar-refractivity contribution < 1.29 is 13.9 Å². The molecular weight excluding hydrogens is 335 g/mol. The minimum atomic E-state index is -0.250. The van der Waals surface area contributed by atoms with Gasteiger partial charge in [0.05, 0.1) is 25.1 Å². The van der Waals surface area contributed by atoms with Crippen LogP contribution in [-0.2, 0) is 4.74 Å². The van der Waals surface area contributed by atoms with Gasteiger partial charge in [-0.2, -0.15) is 0 Å². The van der Waals surface area contributed by atoms with Gasteiger partial charge in [0.15, 0.2) is 0 Å². The van der Waals surface area contributed by atoms with E-state index in [4.69, 9.17) is 4.74 Å². The Kier molecular flexibility index (Phi) is 4.71. The standard InChI is InChI=1S/C19H21FN4O2/c20-14-3-1-13(2-4-14)16-11-17(16)23-19(25)22-15-5-6-18(21-12-15)24-7-9-26-10-8-24/h1-6,12,16-17H,7-11H2,(H2,22,23,25)/t16-,17-/m0/s1. The fraction of sp³-hybridized carbons (Fsp3) is 0.368. The molecule has 2 aliphatic rings. The van der Waals surface area contributed by atoms with E-state index in [1.54, 1.807) is 18.3 Å². The number of rotatable bonds is 4. The van der Waals surface area contributed by atoms with Crippen molar-refractivity contribution in [1.82, 2.24) is 10.3 Å². The second-order valence-corrected chi connectivity index (χ2v) is 6.60. The molecule has 2 atom stereocenters. The van der Waals surface area contributed by atoms with E-state index in [-0.39, 0.29) is 23.8 Å². The molecule has 1 aliphatic carbocycles. The molecule has 136 valence electrons.